The number of pyridine rings is 1. The van der Waals surface area contributed by atoms with Crippen LogP contribution in [-0.4, -0.2) is 11.0 Å². The maximum Gasteiger partial charge on any atom is 0.343 e. The van der Waals surface area contributed by atoms with E-state index >= 15 is 0 Å². The van der Waals surface area contributed by atoms with Crippen LogP contribution >= 0.6 is 0 Å². The summed E-state index contributed by atoms with van der Waals surface area (Å²) in [6.45, 7) is 2.00. The van der Waals surface area contributed by atoms with Crippen LogP contribution in [0.1, 0.15) is 15.9 Å². The summed E-state index contributed by atoms with van der Waals surface area (Å²) in [5.74, 6) is 0.0777. The fourth-order valence-electron chi connectivity index (χ4n) is 2.12. The van der Waals surface area contributed by atoms with Gasteiger partial charge in [0.15, 0.2) is 0 Å². The number of hydrogen-bond acceptors (Lipinski definition) is 4. The minimum absolute atomic E-state index is 0.411. The fraction of sp³-hybridized carbons (Fsp3) is 0.0526. The number of rotatable bonds is 3. The van der Waals surface area contributed by atoms with Crippen molar-refractivity contribution in [1.29, 1.82) is 0 Å². The van der Waals surface area contributed by atoms with Gasteiger partial charge in [0.05, 0.1) is 11.3 Å². The van der Waals surface area contributed by atoms with Crippen LogP contribution in [0.15, 0.2) is 66.9 Å². The van der Waals surface area contributed by atoms with Crippen molar-refractivity contribution in [3.8, 4) is 17.0 Å². The maximum absolute atomic E-state index is 12.0. The van der Waals surface area contributed by atoms with Crippen LogP contribution in [0, 0.1) is 6.92 Å². The van der Waals surface area contributed by atoms with Gasteiger partial charge in [-0.05, 0) is 67.1 Å². The van der Waals surface area contributed by atoms with Crippen LogP contribution in [0.5, 0.6) is 5.75 Å². The van der Waals surface area contributed by atoms with E-state index in [-0.39, 0.29) is 0 Å². The average molecular weight is 304 g/mol. The molecule has 23 heavy (non-hydrogen) atoms. The summed E-state index contributed by atoms with van der Waals surface area (Å²) < 4.78 is 5.35. The van der Waals surface area contributed by atoms with Gasteiger partial charge >= 0.3 is 5.97 Å². The fourth-order valence-corrected chi connectivity index (χ4v) is 2.12. The van der Waals surface area contributed by atoms with Crippen LogP contribution in [0.4, 0.5) is 5.69 Å². The second kappa shape index (κ2) is 6.32. The van der Waals surface area contributed by atoms with Gasteiger partial charge in [-0.3, -0.25) is 4.98 Å². The lowest BCUT2D eigenvalue weighted by molar-refractivity contribution is 0.0735. The monoisotopic (exact) mass is 304 g/mol. The van der Waals surface area contributed by atoms with Crippen molar-refractivity contribution in [3.05, 3.63) is 78.0 Å². The molecule has 1 heterocycles. The molecule has 0 aliphatic carbocycles. The molecule has 0 aliphatic rings. The van der Waals surface area contributed by atoms with Gasteiger partial charge in [0.2, 0.25) is 0 Å². The first-order chi connectivity index (χ1) is 11.1. The molecule has 4 heteroatoms. The van der Waals surface area contributed by atoms with Gasteiger partial charge < -0.3 is 10.5 Å². The highest BCUT2D eigenvalue weighted by molar-refractivity contribution is 5.91. The van der Waals surface area contributed by atoms with Crippen molar-refractivity contribution in [3.63, 3.8) is 0 Å². The van der Waals surface area contributed by atoms with Crippen molar-refractivity contribution in [1.82, 2.24) is 4.98 Å². The third-order valence-corrected chi connectivity index (χ3v) is 3.42. The highest BCUT2D eigenvalue weighted by atomic mass is 16.5. The first-order valence-corrected chi connectivity index (χ1v) is 7.22. The molecule has 4 nitrogen and oxygen atoms in total. The predicted octanol–water partition coefficient (Wildman–Crippen LogP) is 3.86. The summed E-state index contributed by atoms with van der Waals surface area (Å²) >= 11 is 0. The number of nitrogens with two attached hydrogens (primary N) is 1. The lowest BCUT2D eigenvalue weighted by Crippen LogP contribution is -2.08. The molecule has 0 saturated heterocycles. The SMILES string of the molecule is Cc1ccc(-c2ccc(OC(=O)c3ccc(N)cc3)cc2)nc1. The zero-order valence-corrected chi connectivity index (χ0v) is 12.7. The van der Waals surface area contributed by atoms with E-state index in [2.05, 4.69) is 4.98 Å². The predicted molar refractivity (Wildman–Crippen MR) is 90.2 cm³/mol. The van der Waals surface area contributed by atoms with Crippen molar-refractivity contribution in [2.24, 2.45) is 0 Å². The van der Waals surface area contributed by atoms with Gasteiger partial charge in [0, 0.05) is 17.4 Å². The number of benzene rings is 2. The quantitative estimate of drug-likeness (QED) is 0.453. The summed E-state index contributed by atoms with van der Waals surface area (Å²) in [6, 6.07) is 17.9. The Balaban J connectivity index is 1.73. The standard InChI is InChI=1S/C19H16N2O2/c1-13-2-11-18(21-12-13)14-5-9-17(10-6-14)23-19(22)15-3-7-16(20)8-4-15/h2-12H,20H2,1H3. The minimum atomic E-state index is -0.411. The van der Waals surface area contributed by atoms with Crippen LogP contribution in [0.2, 0.25) is 0 Å². The number of nitrogen functional groups attached to an aromatic ring is 1. The Labute approximate surface area is 134 Å². The Bertz CT molecular complexity index is 807. The van der Waals surface area contributed by atoms with Gasteiger partial charge in [-0.1, -0.05) is 6.07 Å². The van der Waals surface area contributed by atoms with Crippen LogP contribution in [0.25, 0.3) is 11.3 Å². The molecule has 0 atom stereocenters. The number of hydrogen-bond donors (Lipinski definition) is 1. The first kappa shape index (κ1) is 14.8. The second-order valence-corrected chi connectivity index (χ2v) is 5.26. The topological polar surface area (TPSA) is 65.2 Å². The summed E-state index contributed by atoms with van der Waals surface area (Å²) in [5.41, 5.74) is 9.64. The lowest BCUT2D eigenvalue weighted by atomic mass is 10.1. The van der Waals surface area contributed by atoms with E-state index in [0.29, 0.717) is 17.0 Å². The zero-order chi connectivity index (χ0) is 16.2. The lowest BCUT2D eigenvalue weighted by Gasteiger charge is -2.06. The highest BCUT2D eigenvalue weighted by Crippen LogP contribution is 2.21. The van der Waals surface area contributed by atoms with Crippen molar-refractivity contribution < 1.29 is 9.53 Å². The van der Waals surface area contributed by atoms with Crippen LogP contribution in [0.3, 0.4) is 0 Å². The molecule has 0 unspecified atom stereocenters. The van der Waals surface area contributed by atoms with E-state index < -0.39 is 5.97 Å². The number of esters is 1. The largest absolute Gasteiger partial charge is 0.423 e. The average Bonchev–Trinajstić information content (AvgIpc) is 2.57. The van der Waals surface area contributed by atoms with E-state index in [9.17, 15) is 4.79 Å². The molecule has 2 aromatic carbocycles. The Morgan fingerprint density at radius 3 is 2.26 bits per heavy atom. The summed E-state index contributed by atoms with van der Waals surface area (Å²) in [4.78, 5) is 16.4. The molecule has 0 fully saturated rings. The molecule has 0 bridgehead atoms. The van der Waals surface area contributed by atoms with Crippen molar-refractivity contribution in [2.75, 3.05) is 5.73 Å². The van der Waals surface area contributed by atoms with Crippen molar-refractivity contribution >= 4 is 11.7 Å². The summed E-state index contributed by atoms with van der Waals surface area (Å²) in [5, 5.41) is 0. The van der Waals surface area contributed by atoms with E-state index in [4.69, 9.17) is 10.5 Å². The van der Waals surface area contributed by atoms with Gasteiger partial charge in [-0.15, -0.1) is 0 Å². The third kappa shape index (κ3) is 3.55. The summed E-state index contributed by atoms with van der Waals surface area (Å²) in [6.07, 6.45) is 1.82. The molecular weight excluding hydrogens is 288 g/mol. The van der Waals surface area contributed by atoms with Gasteiger partial charge in [0.1, 0.15) is 5.75 Å². The molecular formula is C19H16N2O2. The molecule has 3 aromatic rings. The third-order valence-electron chi connectivity index (χ3n) is 3.42. The maximum atomic E-state index is 12.0. The van der Waals surface area contributed by atoms with Gasteiger partial charge in [0.25, 0.3) is 0 Å². The number of ether oxygens (including phenoxy) is 1. The number of anilines is 1. The van der Waals surface area contributed by atoms with E-state index in [1.54, 1.807) is 36.4 Å². The number of aromatic nitrogens is 1. The molecule has 0 aliphatic heterocycles. The Hall–Kier alpha value is -3.14. The van der Waals surface area contributed by atoms with E-state index in [1.165, 1.54) is 0 Å². The minimum Gasteiger partial charge on any atom is -0.423 e. The second-order valence-electron chi connectivity index (χ2n) is 5.26. The Morgan fingerprint density at radius 2 is 1.65 bits per heavy atom. The molecule has 2 N–H and O–H groups in total. The Kier molecular flexibility index (Phi) is 4.06. The molecule has 0 spiro atoms. The molecule has 3 rings (SSSR count). The molecule has 0 radical (unpaired) electrons. The van der Waals surface area contributed by atoms with Gasteiger partial charge in [-0.25, -0.2) is 4.79 Å². The zero-order valence-electron chi connectivity index (χ0n) is 12.7. The number of carbonyl (C=O) groups is 1. The molecule has 114 valence electrons. The smallest absolute Gasteiger partial charge is 0.343 e. The normalized spacial score (nSPS) is 10.3. The van der Waals surface area contributed by atoms with E-state index in [1.807, 2.05) is 37.4 Å². The molecule has 1 aromatic heterocycles. The van der Waals surface area contributed by atoms with Crippen molar-refractivity contribution in [2.45, 2.75) is 6.92 Å². The van der Waals surface area contributed by atoms with Crippen LogP contribution in [-0.2, 0) is 0 Å². The highest BCUT2D eigenvalue weighted by Gasteiger charge is 2.08. The first-order valence-electron chi connectivity index (χ1n) is 7.22. The van der Waals surface area contributed by atoms with E-state index in [0.717, 1.165) is 16.8 Å². The Morgan fingerprint density at radius 1 is 0.957 bits per heavy atom. The summed E-state index contributed by atoms with van der Waals surface area (Å²) in [7, 11) is 0. The number of nitrogens with zero attached hydrogens (tertiary/aromatic N) is 1. The number of aryl methyl sites for hydroxylation is 1. The molecule has 0 amide bonds. The van der Waals surface area contributed by atoms with Crippen LogP contribution < -0.4 is 10.5 Å². The molecule has 0 saturated carbocycles. The number of carbonyl (C=O) groups excluding carboxylic acids is 1. The van der Waals surface area contributed by atoms with Gasteiger partial charge in [-0.2, -0.15) is 0 Å².